The minimum Gasteiger partial charge on any atom is -0.409 e. The average molecular weight is 262 g/mol. The fraction of sp³-hybridized carbons (Fsp3) is 0.357. The van der Waals surface area contributed by atoms with Gasteiger partial charge in [0.15, 0.2) is 0 Å². The third-order valence-corrected chi connectivity index (χ3v) is 2.36. The molecule has 1 rings (SSSR count). The predicted molar refractivity (Wildman–Crippen MR) is 73.2 cm³/mol. The molecule has 0 heterocycles. The molecule has 0 saturated carbocycles. The Labute approximate surface area is 112 Å². The molecule has 0 aliphatic carbocycles. The van der Waals surface area contributed by atoms with Crippen LogP contribution in [0.1, 0.15) is 27.2 Å². The van der Waals surface area contributed by atoms with Crippen molar-refractivity contribution in [2.45, 2.75) is 27.2 Å². The molecule has 1 aromatic carbocycles. The number of rotatable bonds is 3. The molecule has 19 heavy (non-hydrogen) atoms. The monoisotopic (exact) mass is 262 g/mol. The number of carbonyl (C=O) groups excluding carboxylic acids is 2. The molecular weight excluding hydrogens is 244 g/mol. The lowest BCUT2D eigenvalue weighted by Crippen LogP contribution is -2.27. The van der Waals surface area contributed by atoms with Crippen molar-refractivity contribution in [3.8, 4) is 5.75 Å². The lowest BCUT2D eigenvalue weighted by molar-refractivity contribution is -0.125. The highest BCUT2D eigenvalue weighted by molar-refractivity contribution is 6.05. The number of Topliss-reactive ketones (excluding diaryl/α,β-unsaturated/α-hetero) is 1. The molecule has 0 radical (unpaired) electrons. The van der Waals surface area contributed by atoms with Crippen molar-refractivity contribution in [2.75, 3.05) is 0 Å². The highest BCUT2D eigenvalue weighted by Crippen LogP contribution is 2.16. The van der Waals surface area contributed by atoms with E-state index in [0.29, 0.717) is 5.75 Å². The van der Waals surface area contributed by atoms with Gasteiger partial charge in [-0.1, -0.05) is 39.0 Å². The second-order valence-electron chi connectivity index (χ2n) is 5.13. The zero-order valence-corrected chi connectivity index (χ0v) is 11.3. The summed E-state index contributed by atoms with van der Waals surface area (Å²) < 4.78 is 4.93. The molecule has 0 aromatic heterocycles. The molecule has 2 N–H and O–H groups in total. The van der Waals surface area contributed by atoms with Gasteiger partial charge in [-0.05, 0) is 12.1 Å². The quantitative estimate of drug-likeness (QED) is 0.670. The van der Waals surface area contributed by atoms with Crippen LogP contribution in [-0.4, -0.2) is 17.7 Å². The molecule has 1 amide bonds. The second-order valence-corrected chi connectivity index (χ2v) is 5.13. The number of nitrogens with zero attached hydrogens (tertiary/aromatic N) is 1. The summed E-state index contributed by atoms with van der Waals surface area (Å²) in [4.78, 5) is 26.7. The maximum Gasteiger partial charge on any atom is 0.440 e. The zero-order chi connectivity index (χ0) is 14.5. The minimum atomic E-state index is -0.828. The molecular formula is C14H18N2O3. The van der Waals surface area contributed by atoms with E-state index in [9.17, 15) is 9.59 Å². The van der Waals surface area contributed by atoms with Crippen LogP contribution in [0.2, 0.25) is 0 Å². The Balaban J connectivity index is 2.60. The van der Waals surface area contributed by atoms with Crippen LogP contribution in [0, 0.1) is 5.41 Å². The van der Waals surface area contributed by atoms with E-state index < -0.39 is 11.5 Å². The molecule has 1 aromatic rings. The molecule has 0 atom stereocenters. The first-order chi connectivity index (χ1) is 8.79. The van der Waals surface area contributed by atoms with Crippen molar-refractivity contribution >= 4 is 17.7 Å². The Morgan fingerprint density at radius 2 is 1.79 bits per heavy atom. The Hall–Kier alpha value is -2.17. The number of amidine groups is 1. The zero-order valence-electron chi connectivity index (χ0n) is 11.3. The number of nitrogens with two attached hydrogens (primary N) is 1. The number of amides is 1. The van der Waals surface area contributed by atoms with Crippen LogP contribution < -0.4 is 10.5 Å². The summed E-state index contributed by atoms with van der Waals surface area (Å²) in [5.74, 6) is 0.258. The summed E-state index contributed by atoms with van der Waals surface area (Å²) in [6, 6.07) is 8.53. The van der Waals surface area contributed by atoms with Crippen LogP contribution in [0.5, 0.6) is 5.75 Å². The summed E-state index contributed by atoms with van der Waals surface area (Å²) >= 11 is 0. The summed E-state index contributed by atoms with van der Waals surface area (Å²) in [6.45, 7) is 5.35. The smallest absolute Gasteiger partial charge is 0.409 e. The molecule has 0 saturated heterocycles. The van der Waals surface area contributed by atoms with Crippen molar-refractivity contribution < 1.29 is 14.3 Å². The maximum atomic E-state index is 11.7. The van der Waals surface area contributed by atoms with E-state index in [1.165, 1.54) is 0 Å². The van der Waals surface area contributed by atoms with Gasteiger partial charge in [0.2, 0.25) is 0 Å². The second kappa shape index (κ2) is 6.13. The standard InChI is InChI=1S/C14H18N2O3/c1-14(2,3)11(17)9-12(15)16-13(18)19-10-7-5-4-6-8-10/h4-8H,9H2,1-3H3,(H2,15,16,18). The molecule has 0 aliphatic heterocycles. The Morgan fingerprint density at radius 3 is 2.32 bits per heavy atom. The third kappa shape index (κ3) is 5.33. The maximum absolute atomic E-state index is 11.7. The first-order valence-electron chi connectivity index (χ1n) is 5.92. The fourth-order valence-corrected chi connectivity index (χ4v) is 1.20. The summed E-state index contributed by atoms with van der Waals surface area (Å²) in [5.41, 5.74) is 5.04. The molecule has 0 bridgehead atoms. The van der Waals surface area contributed by atoms with E-state index in [4.69, 9.17) is 10.5 Å². The lowest BCUT2D eigenvalue weighted by Gasteiger charge is -2.15. The van der Waals surface area contributed by atoms with E-state index in [1.807, 2.05) is 0 Å². The average Bonchev–Trinajstić information content (AvgIpc) is 2.28. The normalized spacial score (nSPS) is 12.1. The van der Waals surface area contributed by atoms with Crippen molar-refractivity contribution in [1.29, 1.82) is 0 Å². The Kier molecular flexibility index (Phi) is 4.80. The number of ether oxygens (including phenoxy) is 1. The molecule has 0 unspecified atom stereocenters. The van der Waals surface area contributed by atoms with Crippen LogP contribution in [0.3, 0.4) is 0 Å². The van der Waals surface area contributed by atoms with Gasteiger partial charge in [-0.2, -0.15) is 4.99 Å². The van der Waals surface area contributed by atoms with Gasteiger partial charge < -0.3 is 10.5 Å². The Morgan fingerprint density at radius 1 is 1.21 bits per heavy atom. The van der Waals surface area contributed by atoms with E-state index >= 15 is 0 Å². The van der Waals surface area contributed by atoms with Crippen molar-refractivity contribution in [2.24, 2.45) is 16.1 Å². The van der Waals surface area contributed by atoms with Crippen molar-refractivity contribution in [1.82, 2.24) is 0 Å². The van der Waals surface area contributed by atoms with E-state index in [2.05, 4.69) is 4.99 Å². The lowest BCUT2D eigenvalue weighted by atomic mass is 9.89. The molecule has 5 heteroatoms. The predicted octanol–water partition coefficient (Wildman–Crippen LogP) is 2.55. The van der Waals surface area contributed by atoms with Crippen LogP contribution in [0.15, 0.2) is 35.3 Å². The van der Waals surface area contributed by atoms with Gasteiger partial charge in [-0.25, -0.2) is 4.79 Å². The van der Waals surface area contributed by atoms with Gasteiger partial charge in [-0.15, -0.1) is 0 Å². The van der Waals surface area contributed by atoms with Gasteiger partial charge in [0.1, 0.15) is 17.4 Å². The van der Waals surface area contributed by atoms with Crippen molar-refractivity contribution in [3.63, 3.8) is 0 Å². The van der Waals surface area contributed by atoms with Gasteiger partial charge in [-0.3, -0.25) is 4.79 Å². The van der Waals surface area contributed by atoms with Crippen molar-refractivity contribution in [3.05, 3.63) is 30.3 Å². The summed E-state index contributed by atoms with van der Waals surface area (Å²) in [7, 11) is 0. The molecule has 0 fully saturated rings. The van der Waals surface area contributed by atoms with Crippen LogP contribution in [-0.2, 0) is 4.79 Å². The number of aliphatic imine (C=N–C) groups is 1. The number of carbonyl (C=O) groups is 2. The topological polar surface area (TPSA) is 81.8 Å². The third-order valence-electron chi connectivity index (χ3n) is 2.36. The number of benzene rings is 1. The van der Waals surface area contributed by atoms with Gasteiger partial charge in [0.25, 0.3) is 0 Å². The van der Waals surface area contributed by atoms with E-state index in [0.717, 1.165) is 0 Å². The molecule has 102 valence electrons. The van der Waals surface area contributed by atoms with Gasteiger partial charge >= 0.3 is 6.09 Å². The van der Waals surface area contributed by atoms with Gasteiger partial charge in [0.05, 0.1) is 6.42 Å². The Bertz CT molecular complexity index is 487. The summed E-state index contributed by atoms with van der Waals surface area (Å²) in [6.07, 6.45) is -0.890. The van der Waals surface area contributed by atoms with E-state index in [1.54, 1.807) is 51.1 Å². The molecule has 5 nitrogen and oxygen atoms in total. The highest BCUT2D eigenvalue weighted by Gasteiger charge is 2.22. The largest absolute Gasteiger partial charge is 0.440 e. The number of hydrogen-bond donors (Lipinski definition) is 1. The molecule has 0 spiro atoms. The fourth-order valence-electron chi connectivity index (χ4n) is 1.20. The first kappa shape index (κ1) is 14.9. The number of hydrogen-bond acceptors (Lipinski definition) is 3. The highest BCUT2D eigenvalue weighted by atomic mass is 16.5. The van der Waals surface area contributed by atoms with Crippen LogP contribution in [0.4, 0.5) is 4.79 Å². The van der Waals surface area contributed by atoms with Gasteiger partial charge in [0, 0.05) is 5.41 Å². The van der Waals surface area contributed by atoms with Crippen LogP contribution >= 0.6 is 0 Å². The number of ketones is 1. The van der Waals surface area contributed by atoms with Crippen LogP contribution in [0.25, 0.3) is 0 Å². The SMILES string of the molecule is CC(C)(C)C(=O)CC(N)=NC(=O)Oc1ccccc1. The summed E-state index contributed by atoms with van der Waals surface area (Å²) in [5, 5.41) is 0. The first-order valence-corrected chi connectivity index (χ1v) is 5.92. The number of para-hydroxylation sites is 1. The molecule has 0 aliphatic rings. The minimum absolute atomic E-state index is 0.0409. The van der Waals surface area contributed by atoms with E-state index in [-0.39, 0.29) is 18.0 Å².